The number of benzene rings is 1. The molecule has 5 heteroatoms. The van der Waals surface area contributed by atoms with Gasteiger partial charge < -0.3 is 10.4 Å². The van der Waals surface area contributed by atoms with Crippen molar-refractivity contribution in [3.05, 3.63) is 40.4 Å². The van der Waals surface area contributed by atoms with Crippen molar-refractivity contribution in [2.45, 2.75) is 0 Å². The molecule has 0 bridgehead atoms. The molecule has 0 atom stereocenters. The van der Waals surface area contributed by atoms with Gasteiger partial charge in [0.25, 0.3) is 0 Å². The summed E-state index contributed by atoms with van der Waals surface area (Å²) in [5, 5.41) is 12.3. The smallest absolute Gasteiger partial charge is 0.337 e. The molecule has 15 heavy (non-hydrogen) atoms. The molecular weight excluding hydrogens is 237 g/mol. The minimum Gasteiger partial charge on any atom is -0.478 e. The normalized spacial score (nSPS) is 9.73. The summed E-state index contributed by atoms with van der Waals surface area (Å²) < 4.78 is 0. The molecule has 1 aromatic rings. The van der Waals surface area contributed by atoms with Gasteiger partial charge in [-0.05, 0) is 18.2 Å². The van der Waals surface area contributed by atoms with Gasteiger partial charge in [0.15, 0.2) is 0 Å². The summed E-state index contributed by atoms with van der Waals surface area (Å²) in [5.41, 5.74) is 0.777. The zero-order valence-corrected chi connectivity index (χ0v) is 9.27. The lowest BCUT2D eigenvalue weighted by molar-refractivity contribution is 0.0697. The number of carbonyl (C=O) groups is 1. The second-order valence-electron chi connectivity index (χ2n) is 2.87. The van der Waals surface area contributed by atoms with Gasteiger partial charge in [0.2, 0.25) is 0 Å². The third kappa shape index (κ3) is 3.46. The Morgan fingerprint density at radius 1 is 1.53 bits per heavy atom. The Bertz CT molecular complexity index is 404. The summed E-state index contributed by atoms with van der Waals surface area (Å²) >= 11 is 11.3. The van der Waals surface area contributed by atoms with Gasteiger partial charge in [0, 0.05) is 10.7 Å². The maximum absolute atomic E-state index is 10.7. The van der Waals surface area contributed by atoms with Crippen LogP contribution in [0.1, 0.15) is 10.4 Å². The van der Waals surface area contributed by atoms with Crippen molar-refractivity contribution >= 4 is 34.9 Å². The first-order valence-corrected chi connectivity index (χ1v) is 4.86. The molecule has 0 saturated heterocycles. The number of anilines is 1. The lowest BCUT2D eigenvalue weighted by Gasteiger charge is -2.06. The lowest BCUT2D eigenvalue weighted by Crippen LogP contribution is -2.02. The van der Waals surface area contributed by atoms with Crippen LogP contribution in [0.15, 0.2) is 29.8 Å². The molecule has 0 spiro atoms. The largest absolute Gasteiger partial charge is 0.478 e. The van der Waals surface area contributed by atoms with Crippen LogP contribution in [0.25, 0.3) is 0 Å². The van der Waals surface area contributed by atoms with Crippen molar-refractivity contribution in [2.75, 3.05) is 11.9 Å². The highest BCUT2D eigenvalue weighted by Crippen LogP contribution is 2.21. The highest BCUT2D eigenvalue weighted by atomic mass is 35.5. The Morgan fingerprint density at radius 3 is 2.67 bits per heavy atom. The first-order valence-electron chi connectivity index (χ1n) is 4.10. The van der Waals surface area contributed by atoms with Gasteiger partial charge in [-0.2, -0.15) is 0 Å². The second kappa shape index (κ2) is 5.05. The fraction of sp³-hybridized carbons (Fsp3) is 0.100. The minimum absolute atomic E-state index is 0.0758. The number of halogens is 2. The predicted octanol–water partition coefficient (Wildman–Crippen LogP) is 3.20. The molecule has 1 rings (SSSR count). The number of carboxylic acids is 1. The molecule has 80 valence electrons. The molecule has 0 heterocycles. The van der Waals surface area contributed by atoms with E-state index in [1.54, 1.807) is 6.07 Å². The number of hydrogen-bond acceptors (Lipinski definition) is 2. The SMILES string of the molecule is C=C(Cl)CNc1ccc(C(=O)O)c(Cl)c1. The Hall–Kier alpha value is -1.19. The van der Waals surface area contributed by atoms with Crippen LogP contribution >= 0.6 is 23.2 Å². The van der Waals surface area contributed by atoms with E-state index >= 15 is 0 Å². The van der Waals surface area contributed by atoms with Crippen molar-refractivity contribution < 1.29 is 9.90 Å². The van der Waals surface area contributed by atoms with Gasteiger partial charge in [0.05, 0.1) is 17.1 Å². The summed E-state index contributed by atoms with van der Waals surface area (Å²) in [7, 11) is 0. The van der Waals surface area contributed by atoms with Crippen LogP contribution in [0, 0.1) is 0 Å². The Kier molecular flexibility index (Phi) is 4.00. The van der Waals surface area contributed by atoms with Crippen LogP contribution in [-0.4, -0.2) is 17.6 Å². The van der Waals surface area contributed by atoms with Crippen LogP contribution in [0.2, 0.25) is 5.02 Å². The first-order chi connectivity index (χ1) is 7.00. The lowest BCUT2D eigenvalue weighted by atomic mass is 10.2. The van der Waals surface area contributed by atoms with E-state index in [-0.39, 0.29) is 10.6 Å². The molecule has 0 aliphatic rings. The van der Waals surface area contributed by atoms with E-state index < -0.39 is 5.97 Å². The average Bonchev–Trinajstić information content (AvgIpc) is 2.14. The molecule has 0 aliphatic carbocycles. The number of carboxylic acid groups (broad SMARTS) is 1. The van der Waals surface area contributed by atoms with Gasteiger partial charge in [-0.25, -0.2) is 4.79 Å². The van der Waals surface area contributed by atoms with E-state index in [4.69, 9.17) is 28.3 Å². The van der Waals surface area contributed by atoms with Crippen molar-refractivity contribution in [2.24, 2.45) is 0 Å². The number of rotatable bonds is 4. The highest BCUT2D eigenvalue weighted by molar-refractivity contribution is 6.33. The summed E-state index contributed by atoms with van der Waals surface area (Å²) in [6.07, 6.45) is 0. The minimum atomic E-state index is -1.05. The Labute approximate surface area is 97.3 Å². The van der Waals surface area contributed by atoms with E-state index in [1.807, 2.05) is 0 Å². The van der Waals surface area contributed by atoms with E-state index in [9.17, 15) is 4.79 Å². The van der Waals surface area contributed by atoms with Crippen molar-refractivity contribution in [1.82, 2.24) is 0 Å². The van der Waals surface area contributed by atoms with Crippen LogP contribution in [-0.2, 0) is 0 Å². The third-order valence-corrected chi connectivity index (χ3v) is 2.13. The standard InChI is InChI=1S/C10H9Cl2NO2/c1-6(11)5-13-7-2-3-8(10(14)15)9(12)4-7/h2-4,13H,1,5H2,(H,14,15). The van der Waals surface area contributed by atoms with Crippen molar-refractivity contribution in [3.63, 3.8) is 0 Å². The second-order valence-corrected chi connectivity index (χ2v) is 3.81. The molecule has 0 aromatic heterocycles. The van der Waals surface area contributed by atoms with Gasteiger partial charge in [0.1, 0.15) is 0 Å². The molecule has 2 N–H and O–H groups in total. The van der Waals surface area contributed by atoms with E-state index in [2.05, 4.69) is 11.9 Å². The van der Waals surface area contributed by atoms with Gasteiger partial charge in [-0.1, -0.05) is 29.8 Å². The molecule has 0 amide bonds. The van der Waals surface area contributed by atoms with E-state index in [1.165, 1.54) is 12.1 Å². The van der Waals surface area contributed by atoms with Gasteiger partial charge in [-0.3, -0.25) is 0 Å². The molecule has 0 aliphatic heterocycles. The Morgan fingerprint density at radius 2 is 2.20 bits per heavy atom. The first kappa shape index (κ1) is 11.9. The van der Waals surface area contributed by atoms with Crippen LogP contribution < -0.4 is 5.32 Å². The van der Waals surface area contributed by atoms with Crippen LogP contribution in [0.3, 0.4) is 0 Å². The van der Waals surface area contributed by atoms with Crippen LogP contribution in [0.5, 0.6) is 0 Å². The zero-order valence-electron chi connectivity index (χ0n) is 7.76. The van der Waals surface area contributed by atoms with Crippen molar-refractivity contribution in [1.29, 1.82) is 0 Å². The number of aromatic carboxylic acids is 1. The molecule has 0 saturated carbocycles. The molecule has 0 unspecified atom stereocenters. The Balaban J connectivity index is 2.82. The topological polar surface area (TPSA) is 49.3 Å². The average molecular weight is 246 g/mol. The summed E-state index contributed by atoms with van der Waals surface area (Å²) in [4.78, 5) is 10.7. The number of nitrogens with one attached hydrogen (secondary N) is 1. The fourth-order valence-corrected chi connectivity index (χ4v) is 1.32. The van der Waals surface area contributed by atoms with E-state index in [0.717, 1.165) is 0 Å². The van der Waals surface area contributed by atoms with Crippen LogP contribution in [0.4, 0.5) is 5.69 Å². The predicted molar refractivity (Wildman–Crippen MR) is 61.9 cm³/mol. The fourth-order valence-electron chi connectivity index (χ4n) is 0.996. The molecule has 0 radical (unpaired) electrons. The van der Waals surface area contributed by atoms with Gasteiger partial charge >= 0.3 is 5.97 Å². The van der Waals surface area contributed by atoms with Crippen molar-refractivity contribution in [3.8, 4) is 0 Å². The molecule has 3 nitrogen and oxygen atoms in total. The van der Waals surface area contributed by atoms with E-state index in [0.29, 0.717) is 17.3 Å². The maximum Gasteiger partial charge on any atom is 0.337 e. The molecule has 1 aromatic carbocycles. The zero-order chi connectivity index (χ0) is 11.4. The summed E-state index contributed by atoms with van der Waals surface area (Å²) in [5.74, 6) is -1.05. The summed E-state index contributed by atoms with van der Waals surface area (Å²) in [6, 6.07) is 4.59. The van der Waals surface area contributed by atoms with Gasteiger partial charge in [-0.15, -0.1) is 0 Å². The monoisotopic (exact) mass is 245 g/mol. The molecular formula is C10H9Cl2NO2. The summed E-state index contributed by atoms with van der Waals surface area (Å²) in [6.45, 7) is 3.92. The quantitative estimate of drug-likeness (QED) is 0.857. The number of hydrogen-bond donors (Lipinski definition) is 2. The third-order valence-electron chi connectivity index (χ3n) is 1.68. The molecule has 0 fully saturated rings. The highest BCUT2D eigenvalue weighted by Gasteiger charge is 2.08. The maximum atomic E-state index is 10.7.